The fraction of sp³-hybridized carbons (Fsp3) is 0.250. The molecule has 0 bridgehead atoms. The van der Waals surface area contributed by atoms with Crippen LogP contribution < -0.4 is 0 Å². The zero-order valence-electron chi connectivity index (χ0n) is 11.9. The molecule has 0 heterocycles. The lowest BCUT2D eigenvalue weighted by atomic mass is 10.1. The molecule has 1 rings (SSSR count). The van der Waals surface area contributed by atoms with E-state index in [2.05, 4.69) is 0 Å². The second kappa shape index (κ2) is 3.04. The van der Waals surface area contributed by atoms with E-state index in [0.29, 0.717) is 0 Å². The van der Waals surface area contributed by atoms with Gasteiger partial charge in [-0.3, -0.25) is 0 Å². The molecule has 0 aliphatic rings. The molecule has 0 radical (unpaired) electrons. The van der Waals surface area contributed by atoms with Crippen LogP contribution in [0, 0.1) is 0 Å². The summed E-state index contributed by atoms with van der Waals surface area (Å²) in [6, 6.07) is -2.41. The van der Waals surface area contributed by atoms with E-state index in [0.717, 1.165) is 0 Å². The third kappa shape index (κ3) is 1.72. The molecule has 1 aromatic carbocycles. The number of hydrogen-bond donors (Lipinski definition) is 1. The normalized spacial score (nSPS) is 24.4. The molecule has 54 valence electrons. The van der Waals surface area contributed by atoms with Crippen LogP contribution in [0.3, 0.4) is 0 Å². The molecule has 0 aliphatic heterocycles. The summed E-state index contributed by atoms with van der Waals surface area (Å²) in [5, 5.41) is 9.14. The van der Waals surface area contributed by atoms with Gasteiger partial charge in [-0.1, -0.05) is 23.7 Å². The van der Waals surface area contributed by atoms with Crippen molar-refractivity contribution in [1.29, 1.82) is 0 Å². The quantitative estimate of drug-likeness (QED) is 0.674. The Labute approximate surface area is 75.1 Å². The van der Waals surface area contributed by atoms with E-state index in [-0.39, 0.29) is 0 Å². The molecule has 1 nitrogen and oxygen atoms in total. The minimum atomic E-state index is -2.82. The van der Waals surface area contributed by atoms with E-state index in [9.17, 15) is 5.11 Å². The van der Waals surface area contributed by atoms with Crippen LogP contribution >= 0.6 is 11.6 Å². The number of rotatable bonds is 1. The predicted octanol–water partition coefficient (Wildman–Crippen LogP) is 2.39. The van der Waals surface area contributed by atoms with Crippen molar-refractivity contribution < 1.29 is 14.7 Å². The number of hydrogen-bond acceptors (Lipinski definition) is 1. The van der Waals surface area contributed by atoms with Crippen LogP contribution in [-0.2, 0) is 0 Å². The number of aliphatic hydroxyl groups is 1. The second-order valence-electron chi connectivity index (χ2n) is 1.63. The van der Waals surface area contributed by atoms with E-state index >= 15 is 0 Å². The van der Waals surface area contributed by atoms with Crippen LogP contribution in [0.5, 0.6) is 0 Å². The molecular formula is C8H9ClO. The van der Waals surface area contributed by atoms with Crippen molar-refractivity contribution >= 4 is 11.6 Å². The summed E-state index contributed by atoms with van der Waals surface area (Å²) in [5.74, 6) is 0. The maximum absolute atomic E-state index is 9.55. The van der Waals surface area contributed by atoms with E-state index in [1.165, 1.54) is 0 Å². The van der Waals surface area contributed by atoms with Crippen LogP contribution in [0.4, 0.5) is 0 Å². The van der Waals surface area contributed by atoms with Crippen molar-refractivity contribution in [2.45, 2.75) is 13.0 Å². The molecule has 0 amide bonds. The molecule has 1 atom stereocenters. The molecule has 0 saturated carbocycles. The Hall–Kier alpha value is -0.530. The van der Waals surface area contributed by atoms with Gasteiger partial charge in [0.2, 0.25) is 0 Å². The largest absolute Gasteiger partial charge is 0.389 e. The van der Waals surface area contributed by atoms with Gasteiger partial charge in [0.25, 0.3) is 0 Å². The fourth-order valence-electron chi connectivity index (χ4n) is 0.444. The predicted molar refractivity (Wildman–Crippen MR) is 42.1 cm³/mol. The maximum Gasteiger partial charge on any atom is 0.0761 e. The third-order valence-corrected chi connectivity index (χ3v) is 1.08. The molecule has 0 fully saturated rings. The third-order valence-electron chi connectivity index (χ3n) is 0.887. The lowest BCUT2D eigenvalue weighted by molar-refractivity contribution is 0.199. The van der Waals surface area contributed by atoms with Crippen LogP contribution in [-0.4, -0.2) is 5.11 Å². The van der Waals surface area contributed by atoms with Gasteiger partial charge in [0.05, 0.1) is 11.6 Å². The topological polar surface area (TPSA) is 20.2 Å². The van der Waals surface area contributed by atoms with Crippen LogP contribution in [0.2, 0.25) is 5.02 Å². The summed E-state index contributed by atoms with van der Waals surface area (Å²) < 4.78 is 50.9. The van der Waals surface area contributed by atoms with Gasteiger partial charge < -0.3 is 5.11 Å². The molecule has 10 heavy (non-hydrogen) atoms. The lowest BCUT2D eigenvalue weighted by Crippen LogP contribution is -1.88. The number of aliphatic hydroxyl groups excluding tert-OH is 1. The van der Waals surface area contributed by atoms with Gasteiger partial charge in [0.15, 0.2) is 0 Å². The molecule has 0 spiro atoms. The minimum absolute atomic E-state index is 0.401. The monoisotopic (exact) mass is 163 g/mol. The highest BCUT2D eigenvalue weighted by Crippen LogP contribution is 2.14. The second-order valence-corrected chi connectivity index (χ2v) is 2.01. The van der Waals surface area contributed by atoms with Crippen molar-refractivity contribution in [3.05, 3.63) is 34.8 Å². The van der Waals surface area contributed by atoms with Gasteiger partial charge in [0, 0.05) is 9.13 Å². The molecule has 0 saturated heterocycles. The SMILES string of the molecule is [2H]c1c([2H])c(C(O)C([2H])([2H])[2H])c([2H])c([2H])c1Cl. The Morgan fingerprint density at radius 3 is 2.70 bits per heavy atom. The summed E-state index contributed by atoms with van der Waals surface area (Å²) in [5.41, 5.74) is -0.565. The first-order valence-electron chi connectivity index (χ1n) is 6.02. The van der Waals surface area contributed by atoms with E-state index in [1.54, 1.807) is 0 Å². The van der Waals surface area contributed by atoms with Crippen molar-refractivity contribution in [1.82, 2.24) is 0 Å². The summed E-state index contributed by atoms with van der Waals surface area (Å²) >= 11 is 5.54. The molecule has 2 heteroatoms. The van der Waals surface area contributed by atoms with Crippen LogP contribution in [0.25, 0.3) is 0 Å². The van der Waals surface area contributed by atoms with Gasteiger partial charge in [-0.2, -0.15) is 0 Å². The smallest absolute Gasteiger partial charge is 0.0761 e. The van der Waals surface area contributed by atoms with Gasteiger partial charge in [-0.25, -0.2) is 0 Å². The van der Waals surface area contributed by atoms with Gasteiger partial charge in [-0.05, 0) is 24.5 Å². The molecule has 1 unspecified atom stereocenters. The molecule has 1 aromatic rings. The average molecular weight is 164 g/mol. The number of benzene rings is 1. The Bertz CT molecular complexity index is 427. The van der Waals surface area contributed by atoms with Crippen molar-refractivity contribution in [3.8, 4) is 0 Å². The Kier molecular flexibility index (Phi) is 0.761. The summed E-state index contributed by atoms with van der Waals surface area (Å²) in [6.07, 6.45) is -2.08. The molecular weight excluding hydrogens is 148 g/mol. The van der Waals surface area contributed by atoms with E-state index in [1.807, 2.05) is 0 Å². The van der Waals surface area contributed by atoms with Gasteiger partial charge in [0.1, 0.15) is 0 Å². The van der Waals surface area contributed by atoms with Crippen molar-refractivity contribution in [3.63, 3.8) is 0 Å². The Morgan fingerprint density at radius 2 is 2.20 bits per heavy atom. The molecule has 0 aliphatic carbocycles. The highest BCUT2D eigenvalue weighted by molar-refractivity contribution is 6.30. The summed E-state index contributed by atoms with van der Waals surface area (Å²) in [7, 11) is 0. The van der Waals surface area contributed by atoms with Crippen molar-refractivity contribution in [2.24, 2.45) is 0 Å². The zero-order valence-corrected chi connectivity index (χ0v) is 5.66. The Morgan fingerprint density at radius 1 is 1.60 bits per heavy atom. The van der Waals surface area contributed by atoms with Crippen molar-refractivity contribution in [2.75, 3.05) is 0 Å². The first-order valence-corrected chi connectivity index (χ1v) is 2.90. The molecule has 0 aromatic heterocycles. The number of halogens is 1. The first-order chi connectivity index (χ1) is 7.59. The highest BCUT2D eigenvalue weighted by atomic mass is 35.5. The molecule has 1 N–H and O–H groups in total. The summed E-state index contributed by atoms with van der Waals surface area (Å²) in [4.78, 5) is 0. The van der Waals surface area contributed by atoms with Gasteiger partial charge >= 0.3 is 0 Å². The standard InChI is InChI=1S/C8H9ClO/c1-6(10)7-2-4-8(9)5-3-7/h2-6,10H,1H3/i1D3,2D,3D,4D,5D. The Balaban J connectivity index is 3.55. The average Bonchev–Trinajstić information content (AvgIpc) is 2.22. The van der Waals surface area contributed by atoms with Gasteiger partial charge in [-0.15, -0.1) is 0 Å². The van der Waals surface area contributed by atoms with E-state index in [4.69, 9.17) is 21.2 Å². The van der Waals surface area contributed by atoms with E-state index < -0.39 is 47.7 Å². The van der Waals surface area contributed by atoms with Crippen LogP contribution in [0.1, 0.15) is 28.1 Å². The first kappa shape index (κ1) is 2.50. The maximum atomic E-state index is 9.55. The van der Waals surface area contributed by atoms with Crippen LogP contribution in [0.15, 0.2) is 24.2 Å². The summed E-state index contributed by atoms with van der Waals surface area (Å²) in [6.45, 7) is -2.82. The highest BCUT2D eigenvalue weighted by Gasteiger charge is 1.97. The fourth-order valence-corrected chi connectivity index (χ4v) is 0.538. The zero-order chi connectivity index (χ0) is 13.5. The lowest BCUT2D eigenvalue weighted by Gasteiger charge is -2.02. The minimum Gasteiger partial charge on any atom is -0.389 e.